The molecule has 0 spiro atoms. The highest BCUT2D eigenvalue weighted by Crippen LogP contribution is 2.41. The van der Waals surface area contributed by atoms with E-state index in [-0.39, 0.29) is 5.54 Å². The largest absolute Gasteiger partial charge is 0.381 e. The molecule has 1 saturated carbocycles. The lowest BCUT2D eigenvalue weighted by Gasteiger charge is -2.28. The fraction of sp³-hybridized carbons (Fsp3) is 0.600. The van der Waals surface area contributed by atoms with Crippen LogP contribution in [0.4, 0.5) is 0 Å². The molecule has 1 unspecified atom stereocenters. The third-order valence-electron chi connectivity index (χ3n) is 4.36. The Kier molecular flexibility index (Phi) is 2.93. The Labute approximate surface area is 103 Å². The van der Waals surface area contributed by atoms with Crippen molar-refractivity contribution in [3.8, 4) is 0 Å². The van der Waals surface area contributed by atoms with E-state index in [1.165, 1.54) is 24.0 Å². The normalized spacial score (nSPS) is 27.5. The summed E-state index contributed by atoms with van der Waals surface area (Å²) in [6.07, 6.45) is 5.96. The zero-order valence-electron chi connectivity index (χ0n) is 10.3. The second kappa shape index (κ2) is 4.43. The Morgan fingerprint density at radius 2 is 1.94 bits per heavy atom. The van der Waals surface area contributed by atoms with Gasteiger partial charge in [-0.05, 0) is 30.4 Å². The number of hydrogen-bond donors (Lipinski definition) is 1. The molecule has 1 aromatic carbocycles. The average molecular weight is 231 g/mol. The third-order valence-corrected chi connectivity index (χ3v) is 4.36. The van der Waals surface area contributed by atoms with E-state index in [9.17, 15) is 0 Å². The standard InChI is InChI=1S/C15H21NO/c16-15(8-3-4-9-15)14-6-2-1-5-13(14)12-7-10-17-11-12/h1-2,5-6,12H,3-4,7-11,16H2. The molecule has 3 rings (SSSR count). The van der Waals surface area contributed by atoms with Crippen LogP contribution in [0.15, 0.2) is 24.3 Å². The summed E-state index contributed by atoms with van der Waals surface area (Å²) in [5.74, 6) is 0.562. The fourth-order valence-corrected chi connectivity index (χ4v) is 3.36. The van der Waals surface area contributed by atoms with Gasteiger partial charge in [0, 0.05) is 18.1 Å². The summed E-state index contributed by atoms with van der Waals surface area (Å²) in [6.45, 7) is 1.77. The number of benzene rings is 1. The van der Waals surface area contributed by atoms with Crippen LogP contribution in [0.25, 0.3) is 0 Å². The van der Waals surface area contributed by atoms with Crippen LogP contribution in [0.5, 0.6) is 0 Å². The minimum atomic E-state index is -0.0703. The Morgan fingerprint density at radius 3 is 2.65 bits per heavy atom. The van der Waals surface area contributed by atoms with Crippen LogP contribution in [-0.2, 0) is 10.3 Å². The monoisotopic (exact) mass is 231 g/mol. The smallest absolute Gasteiger partial charge is 0.0535 e. The van der Waals surface area contributed by atoms with Crippen LogP contribution in [0, 0.1) is 0 Å². The first kappa shape index (κ1) is 11.2. The van der Waals surface area contributed by atoms with Gasteiger partial charge in [-0.1, -0.05) is 37.1 Å². The van der Waals surface area contributed by atoms with Crippen molar-refractivity contribution in [2.75, 3.05) is 13.2 Å². The van der Waals surface area contributed by atoms with E-state index >= 15 is 0 Å². The second-order valence-electron chi connectivity index (χ2n) is 5.51. The van der Waals surface area contributed by atoms with E-state index in [1.807, 2.05) is 0 Å². The second-order valence-corrected chi connectivity index (χ2v) is 5.51. The van der Waals surface area contributed by atoms with Crippen molar-refractivity contribution in [2.24, 2.45) is 5.73 Å². The molecule has 1 heterocycles. The van der Waals surface area contributed by atoms with Crippen LogP contribution in [0.1, 0.15) is 49.1 Å². The summed E-state index contributed by atoms with van der Waals surface area (Å²) < 4.78 is 5.52. The first-order chi connectivity index (χ1) is 8.30. The highest BCUT2D eigenvalue weighted by Gasteiger charge is 2.34. The average Bonchev–Trinajstić information content (AvgIpc) is 3.00. The van der Waals surface area contributed by atoms with Crippen molar-refractivity contribution >= 4 is 0 Å². The summed E-state index contributed by atoms with van der Waals surface area (Å²) in [7, 11) is 0. The van der Waals surface area contributed by atoms with Crippen LogP contribution in [0.2, 0.25) is 0 Å². The van der Waals surface area contributed by atoms with Crippen molar-refractivity contribution in [3.63, 3.8) is 0 Å². The summed E-state index contributed by atoms with van der Waals surface area (Å²) in [5.41, 5.74) is 9.36. The van der Waals surface area contributed by atoms with E-state index in [2.05, 4.69) is 24.3 Å². The van der Waals surface area contributed by atoms with Gasteiger partial charge in [-0.3, -0.25) is 0 Å². The van der Waals surface area contributed by atoms with E-state index in [0.29, 0.717) is 5.92 Å². The molecule has 2 N–H and O–H groups in total. The molecule has 1 atom stereocenters. The van der Waals surface area contributed by atoms with Gasteiger partial charge in [-0.2, -0.15) is 0 Å². The third kappa shape index (κ3) is 2.00. The summed E-state index contributed by atoms with van der Waals surface area (Å²) >= 11 is 0. The van der Waals surface area contributed by atoms with Gasteiger partial charge in [-0.15, -0.1) is 0 Å². The molecule has 1 aliphatic carbocycles. The molecule has 0 aromatic heterocycles. The molecule has 1 aromatic rings. The fourth-order valence-electron chi connectivity index (χ4n) is 3.36. The Bertz CT molecular complexity index is 390. The number of nitrogens with two attached hydrogens (primary N) is 1. The maximum Gasteiger partial charge on any atom is 0.0535 e. The van der Waals surface area contributed by atoms with E-state index in [0.717, 1.165) is 32.5 Å². The molecule has 0 radical (unpaired) electrons. The maximum atomic E-state index is 6.61. The van der Waals surface area contributed by atoms with E-state index in [1.54, 1.807) is 0 Å². The molecular weight excluding hydrogens is 210 g/mol. The minimum Gasteiger partial charge on any atom is -0.381 e. The Hall–Kier alpha value is -0.860. The molecule has 0 amide bonds. The number of rotatable bonds is 2. The first-order valence-corrected chi connectivity index (χ1v) is 6.76. The number of ether oxygens (including phenoxy) is 1. The van der Waals surface area contributed by atoms with Crippen LogP contribution in [0.3, 0.4) is 0 Å². The van der Waals surface area contributed by atoms with Crippen LogP contribution >= 0.6 is 0 Å². The van der Waals surface area contributed by atoms with Gasteiger partial charge >= 0.3 is 0 Å². The van der Waals surface area contributed by atoms with Crippen molar-refractivity contribution < 1.29 is 4.74 Å². The molecule has 92 valence electrons. The SMILES string of the molecule is NC1(c2ccccc2C2CCOC2)CCCC1. The topological polar surface area (TPSA) is 35.2 Å². The quantitative estimate of drug-likeness (QED) is 0.849. The molecule has 17 heavy (non-hydrogen) atoms. The van der Waals surface area contributed by atoms with Crippen LogP contribution < -0.4 is 5.73 Å². The predicted octanol–water partition coefficient (Wildman–Crippen LogP) is 2.92. The van der Waals surface area contributed by atoms with Crippen molar-refractivity contribution in [1.29, 1.82) is 0 Å². The molecule has 1 aliphatic heterocycles. The zero-order valence-corrected chi connectivity index (χ0v) is 10.3. The Balaban J connectivity index is 1.97. The predicted molar refractivity (Wildman–Crippen MR) is 69.0 cm³/mol. The number of hydrogen-bond acceptors (Lipinski definition) is 2. The van der Waals surface area contributed by atoms with E-state index < -0.39 is 0 Å². The van der Waals surface area contributed by atoms with Gasteiger partial charge in [0.25, 0.3) is 0 Å². The van der Waals surface area contributed by atoms with Crippen molar-refractivity contribution in [3.05, 3.63) is 35.4 Å². The molecule has 1 saturated heterocycles. The summed E-state index contributed by atoms with van der Waals surface area (Å²) in [5, 5.41) is 0. The first-order valence-electron chi connectivity index (χ1n) is 6.76. The highest BCUT2D eigenvalue weighted by molar-refractivity contribution is 5.37. The molecular formula is C15H21NO. The highest BCUT2D eigenvalue weighted by atomic mass is 16.5. The van der Waals surface area contributed by atoms with Gasteiger partial charge < -0.3 is 10.5 Å². The van der Waals surface area contributed by atoms with Gasteiger partial charge in [0.2, 0.25) is 0 Å². The molecule has 0 bridgehead atoms. The van der Waals surface area contributed by atoms with Crippen molar-refractivity contribution in [2.45, 2.75) is 43.6 Å². The summed E-state index contributed by atoms with van der Waals surface area (Å²) in [6, 6.07) is 8.75. The van der Waals surface area contributed by atoms with Crippen molar-refractivity contribution in [1.82, 2.24) is 0 Å². The van der Waals surface area contributed by atoms with Gasteiger partial charge in [0.1, 0.15) is 0 Å². The van der Waals surface area contributed by atoms with Crippen LogP contribution in [-0.4, -0.2) is 13.2 Å². The van der Waals surface area contributed by atoms with E-state index in [4.69, 9.17) is 10.5 Å². The molecule has 2 aliphatic rings. The summed E-state index contributed by atoms with van der Waals surface area (Å²) in [4.78, 5) is 0. The lowest BCUT2D eigenvalue weighted by atomic mass is 9.81. The maximum absolute atomic E-state index is 6.61. The lowest BCUT2D eigenvalue weighted by molar-refractivity contribution is 0.193. The molecule has 2 heteroatoms. The van der Waals surface area contributed by atoms with Gasteiger partial charge in [-0.25, -0.2) is 0 Å². The zero-order chi connectivity index (χ0) is 11.7. The molecule has 2 nitrogen and oxygen atoms in total. The van der Waals surface area contributed by atoms with Gasteiger partial charge in [0.15, 0.2) is 0 Å². The Morgan fingerprint density at radius 1 is 1.18 bits per heavy atom. The van der Waals surface area contributed by atoms with Gasteiger partial charge in [0.05, 0.1) is 6.61 Å². The lowest BCUT2D eigenvalue weighted by Crippen LogP contribution is -2.34. The molecule has 2 fully saturated rings. The minimum absolute atomic E-state index is 0.0703.